The second-order valence-electron chi connectivity index (χ2n) is 2.32. The highest BCUT2D eigenvalue weighted by molar-refractivity contribution is 14.1. The summed E-state index contributed by atoms with van der Waals surface area (Å²) in [4.78, 5) is 0. The standard InChI is InChI=1S/C8H3BrClIS/c9-7-3-4-6(11)2-1-5(10)8(4)12-7/h1-3H. The Morgan fingerprint density at radius 1 is 1.42 bits per heavy atom. The van der Waals surface area contributed by atoms with Gasteiger partial charge in [0.1, 0.15) is 0 Å². The summed E-state index contributed by atoms with van der Waals surface area (Å²) in [6.45, 7) is 0. The van der Waals surface area contributed by atoms with Crippen LogP contribution in [0.15, 0.2) is 22.0 Å². The van der Waals surface area contributed by atoms with Crippen LogP contribution in [0.4, 0.5) is 0 Å². The second kappa shape index (κ2) is 3.44. The maximum atomic E-state index is 6.03. The van der Waals surface area contributed by atoms with E-state index in [1.165, 1.54) is 8.96 Å². The number of rotatable bonds is 0. The Kier molecular flexibility index (Phi) is 2.65. The number of benzene rings is 1. The van der Waals surface area contributed by atoms with E-state index in [9.17, 15) is 0 Å². The summed E-state index contributed by atoms with van der Waals surface area (Å²) >= 11 is 13.5. The zero-order chi connectivity index (χ0) is 8.72. The van der Waals surface area contributed by atoms with E-state index in [2.05, 4.69) is 44.6 Å². The van der Waals surface area contributed by atoms with Gasteiger partial charge in [0.2, 0.25) is 0 Å². The molecule has 1 aromatic heterocycles. The molecular formula is C8H3BrClIS. The molecule has 0 nitrogen and oxygen atoms in total. The molecule has 0 aliphatic rings. The third kappa shape index (κ3) is 1.52. The van der Waals surface area contributed by atoms with Crippen LogP contribution in [0, 0.1) is 3.57 Å². The lowest BCUT2D eigenvalue weighted by molar-refractivity contribution is 1.77. The summed E-state index contributed by atoms with van der Waals surface area (Å²) in [6, 6.07) is 6.08. The molecule has 0 radical (unpaired) electrons. The van der Waals surface area contributed by atoms with Gasteiger partial charge in [0, 0.05) is 8.96 Å². The van der Waals surface area contributed by atoms with Crippen LogP contribution in [0.5, 0.6) is 0 Å². The normalized spacial score (nSPS) is 10.9. The number of fused-ring (bicyclic) bond motifs is 1. The lowest BCUT2D eigenvalue weighted by atomic mass is 10.3. The molecule has 0 aliphatic heterocycles. The highest BCUT2D eigenvalue weighted by atomic mass is 127. The molecule has 0 saturated heterocycles. The van der Waals surface area contributed by atoms with Crippen LogP contribution in [0.1, 0.15) is 0 Å². The highest BCUT2D eigenvalue weighted by Gasteiger charge is 2.06. The number of hydrogen-bond donors (Lipinski definition) is 0. The quantitative estimate of drug-likeness (QED) is 0.575. The maximum absolute atomic E-state index is 6.03. The van der Waals surface area contributed by atoms with Gasteiger partial charge >= 0.3 is 0 Å². The van der Waals surface area contributed by atoms with Gasteiger partial charge in [0.25, 0.3) is 0 Å². The third-order valence-electron chi connectivity index (χ3n) is 1.55. The van der Waals surface area contributed by atoms with Crippen molar-refractivity contribution < 1.29 is 0 Å². The van der Waals surface area contributed by atoms with Crippen molar-refractivity contribution in [3.63, 3.8) is 0 Å². The van der Waals surface area contributed by atoms with E-state index in [0.29, 0.717) is 0 Å². The minimum Gasteiger partial charge on any atom is -0.127 e. The lowest BCUT2D eigenvalue weighted by Gasteiger charge is -1.94. The lowest BCUT2D eigenvalue weighted by Crippen LogP contribution is -1.71. The smallest absolute Gasteiger partial charge is 0.0711 e. The van der Waals surface area contributed by atoms with E-state index in [1.807, 2.05) is 12.1 Å². The molecule has 0 aliphatic carbocycles. The Bertz CT molecular complexity index is 399. The molecule has 62 valence electrons. The molecule has 2 aromatic rings. The van der Waals surface area contributed by atoms with E-state index in [0.717, 1.165) is 13.5 Å². The molecule has 0 amide bonds. The molecule has 0 atom stereocenters. The Hall–Kier alpha value is 0.680. The second-order valence-corrected chi connectivity index (χ2v) is 6.32. The fourth-order valence-electron chi connectivity index (χ4n) is 1.03. The molecule has 0 bridgehead atoms. The Morgan fingerprint density at radius 2 is 2.17 bits per heavy atom. The van der Waals surface area contributed by atoms with E-state index in [4.69, 9.17) is 11.6 Å². The van der Waals surface area contributed by atoms with E-state index >= 15 is 0 Å². The van der Waals surface area contributed by atoms with Gasteiger partial charge in [-0.25, -0.2) is 0 Å². The Labute approximate surface area is 101 Å². The molecule has 1 aromatic carbocycles. The minimum atomic E-state index is 0.834. The van der Waals surface area contributed by atoms with E-state index < -0.39 is 0 Å². The van der Waals surface area contributed by atoms with Crippen LogP contribution >= 0.6 is 61.5 Å². The van der Waals surface area contributed by atoms with Crippen molar-refractivity contribution in [1.29, 1.82) is 0 Å². The molecule has 4 heteroatoms. The Morgan fingerprint density at radius 3 is 2.83 bits per heavy atom. The average molecular weight is 373 g/mol. The summed E-state index contributed by atoms with van der Waals surface area (Å²) in [6.07, 6.45) is 0. The van der Waals surface area contributed by atoms with Gasteiger partial charge in [0.05, 0.1) is 13.5 Å². The zero-order valence-corrected chi connectivity index (χ0v) is 11.1. The molecule has 0 fully saturated rings. The number of thiophene rings is 1. The Balaban J connectivity index is 2.93. The molecule has 0 spiro atoms. The van der Waals surface area contributed by atoms with Crippen molar-refractivity contribution in [3.8, 4) is 0 Å². The highest BCUT2D eigenvalue weighted by Crippen LogP contribution is 2.36. The van der Waals surface area contributed by atoms with Crippen molar-refractivity contribution in [1.82, 2.24) is 0 Å². The minimum absolute atomic E-state index is 0.834. The molecular weight excluding hydrogens is 370 g/mol. The van der Waals surface area contributed by atoms with Crippen molar-refractivity contribution >= 4 is 71.5 Å². The van der Waals surface area contributed by atoms with E-state index in [-0.39, 0.29) is 0 Å². The van der Waals surface area contributed by atoms with Gasteiger partial charge in [-0.05, 0) is 56.7 Å². The van der Waals surface area contributed by atoms with Crippen molar-refractivity contribution in [2.45, 2.75) is 0 Å². The summed E-state index contributed by atoms with van der Waals surface area (Å²) < 4.78 is 3.54. The topological polar surface area (TPSA) is 0 Å². The van der Waals surface area contributed by atoms with Gasteiger partial charge in [-0.1, -0.05) is 11.6 Å². The van der Waals surface area contributed by atoms with Crippen LogP contribution < -0.4 is 0 Å². The maximum Gasteiger partial charge on any atom is 0.0711 e. The first-order chi connectivity index (χ1) is 5.68. The van der Waals surface area contributed by atoms with Crippen LogP contribution in [-0.2, 0) is 0 Å². The zero-order valence-electron chi connectivity index (χ0n) is 5.77. The van der Waals surface area contributed by atoms with Gasteiger partial charge in [0.15, 0.2) is 0 Å². The average Bonchev–Trinajstić information content (AvgIpc) is 2.41. The van der Waals surface area contributed by atoms with Crippen molar-refractivity contribution in [2.24, 2.45) is 0 Å². The summed E-state index contributed by atoms with van der Waals surface area (Å²) in [7, 11) is 0. The van der Waals surface area contributed by atoms with Crippen LogP contribution in [0.2, 0.25) is 5.02 Å². The molecule has 0 saturated carbocycles. The first kappa shape index (κ1) is 9.24. The van der Waals surface area contributed by atoms with Crippen molar-refractivity contribution in [2.75, 3.05) is 0 Å². The number of hydrogen-bond acceptors (Lipinski definition) is 1. The van der Waals surface area contributed by atoms with Crippen LogP contribution in [-0.4, -0.2) is 0 Å². The predicted octanol–water partition coefficient (Wildman–Crippen LogP) is 4.92. The van der Waals surface area contributed by atoms with Gasteiger partial charge in [-0.3, -0.25) is 0 Å². The summed E-state index contributed by atoms with van der Waals surface area (Å²) in [5, 5.41) is 2.07. The van der Waals surface area contributed by atoms with Gasteiger partial charge in [-0.2, -0.15) is 0 Å². The SMILES string of the molecule is Clc1ccc(I)c2cc(Br)sc12. The largest absolute Gasteiger partial charge is 0.127 e. The monoisotopic (exact) mass is 372 g/mol. The third-order valence-corrected chi connectivity index (χ3v) is 4.59. The van der Waals surface area contributed by atoms with Crippen LogP contribution in [0.3, 0.4) is 0 Å². The molecule has 0 unspecified atom stereocenters. The predicted molar refractivity (Wildman–Crippen MR) is 67.3 cm³/mol. The first-order valence-electron chi connectivity index (χ1n) is 3.21. The molecule has 12 heavy (non-hydrogen) atoms. The molecule has 1 heterocycles. The molecule has 0 N–H and O–H groups in total. The fraction of sp³-hybridized carbons (Fsp3) is 0. The van der Waals surface area contributed by atoms with E-state index in [1.54, 1.807) is 11.3 Å². The van der Waals surface area contributed by atoms with Crippen molar-refractivity contribution in [3.05, 3.63) is 30.6 Å². The summed E-state index contributed by atoms with van der Waals surface area (Å²) in [5.41, 5.74) is 0. The fourth-order valence-corrected chi connectivity index (χ4v) is 3.63. The summed E-state index contributed by atoms with van der Waals surface area (Å²) in [5.74, 6) is 0. The first-order valence-corrected chi connectivity index (χ1v) is 6.28. The number of halogens is 3. The molecule has 2 rings (SSSR count). The van der Waals surface area contributed by atoms with Crippen LogP contribution in [0.25, 0.3) is 10.1 Å². The van der Waals surface area contributed by atoms with Gasteiger partial charge in [-0.15, -0.1) is 11.3 Å². The van der Waals surface area contributed by atoms with Gasteiger partial charge < -0.3 is 0 Å².